The van der Waals surface area contributed by atoms with Gasteiger partial charge in [0.1, 0.15) is 16.9 Å². The number of benzene rings is 2. The van der Waals surface area contributed by atoms with Crippen LogP contribution in [0.3, 0.4) is 0 Å². The Labute approximate surface area is 172 Å². The van der Waals surface area contributed by atoms with Crippen LogP contribution in [-0.4, -0.2) is 29.6 Å². The van der Waals surface area contributed by atoms with Crippen LogP contribution in [0.4, 0.5) is 5.69 Å². The first-order valence-electron chi connectivity index (χ1n) is 9.13. The van der Waals surface area contributed by atoms with E-state index in [1.807, 2.05) is 36.4 Å². The molecule has 1 aliphatic heterocycles. The van der Waals surface area contributed by atoms with Crippen LogP contribution >= 0.6 is 11.8 Å². The average Bonchev–Trinajstić information content (AvgIpc) is 3.39. The van der Waals surface area contributed by atoms with Gasteiger partial charge in [0, 0.05) is 5.56 Å². The first-order valence-corrected chi connectivity index (χ1v) is 10.2. The molecule has 1 saturated heterocycles. The van der Waals surface area contributed by atoms with Crippen molar-refractivity contribution in [3.8, 4) is 5.75 Å². The van der Waals surface area contributed by atoms with Gasteiger partial charge in [0.2, 0.25) is 5.91 Å². The van der Waals surface area contributed by atoms with Crippen molar-refractivity contribution in [3.63, 3.8) is 0 Å². The standard InChI is InChI=1S/C22H20N2O4S/c1-27-19-7-3-2-6-18(19)23-21(26)15-8-10-16(11-9-15)22-24(20(25)14-29-22)13-17-5-4-12-28-17/h2-12,22H,13-14H2,1H3,(H,23,26)/t22-/m1/s1. The third-order valence-corrected chi connectivity index (χ3v) is 5.94. The molecule has 0 saturated carbocycles. The maximum Gasteiger partial charge on any atom is 0.255 e. The molecule has 1 N–H and O–H groups in total. The lowest BCUT2D eigenvalue weighted by Gasteiger charge is -2.23. The highest BCUT2D eigenvalue weighted by atomic mass is 32.2. The van der Waals surface area contributed by atoms with Crippen molar-refractivity contribution < 1.29 is 18.7 Å². The molecule has 0 bridgehead atoms. The van der Waals surface area contributed by atoms with E-state index in [9.17, 15) is 9.59 Å². The number of ether oxygens (including phenoxy) is 1. The Kier molecular flexibility index (Phi) is 5.57. The van der Waals surface area contributed by atoms with Crippen LogP contribution in [0.5, 0.6) is 5.75 Å². The van der Waals surface area contributed by atoms with Gasteiger partial charge in [-0.25, -0.2) is 0 Å². The molecular weight excluding hydrogens is 388 g/mol. The number of hydrogen-bond donors (Lipinski definition) is 1. The Morgan fingerprint density at radius 2 is 1.97 bits per heavy atom. The van der Waals surface area contributed by atoms with Gasteiger partial charge in [-0.1, -0.05) is 24.3 Å². The second-order valence-corrected chi connectivity index (χ2v) is 7.61. The third kappa shape index (κ3) is 4.14. The Balaban J connectivity index is 1.48. The largest absolute Gasteiger partial charge is 0.495 e. The van der Waals surface area contributed by atoms with E-state index < -0.39 is 0 Å². The van der Waals surface area contributed by atoms with E-state index in [1.54, 1.807) is 54.3 Å². The van der Waals surface area contributed by atoms with Crippen LogP contribution in [0.25, 0.3) is 0 Å². The quantitative estimate of drug-likeness (QED) is 0.658. The number of hydrogen-bond acceptors (Lipinski definition) is 5. The summed E-state index contributed by atoms with van der Waals surface area (Å²) in [6, 6.07) is 18.3. The number of nitrogens with zero attached hydrogens (tertiary/aromatic N) is 1. The van der Waals surface area contributed by atoms with E-state index in [1.165, 1.54) is 0 Å². The number of furan rings is 1. The summed E-state index contributed by atoms with van der Waals surface area (Å²) in [4.78, 5) is 26.7. The second kappa shape index (κ2) is 8.45. The summed E-state index contributed by atoms with van der Waals surface area (Å²) in [6.45, 7) is 0.430. The molecule has 148 valence electrons. The van der Waals surface area contributed by atoms with Crippen LogP contribution in [0.2, 0.25) is 0 Å². The molecule has 2 heterocycles. The first kappa shape index (κ1) is 19.1. The number of methoxy groups -OCH3 is 1. The van der Waals surface area contributed by atoms with E-state index in [2.05, 4.69) is 5.32 Å². The zero-order valence-corrected chi connectivity index (χ0v) is 16.6. The predicted molar refractivity (Wildman–Crippen MR) is 112 cm³/mol. The van der Waals surface area contributed by atoms with Crippen molar-refractivity contribution in [3.05, 3.63) is 83.8 Å². The molecule has 0 spiro atoms. The van der Waals surface area contributed by atoms with Crippen molar-refractivity contribution >= 4 is 29.3 Å². The number of rotatable bonds is 6. The van der Waals surface area contributed by atoms with E-state index >= 15 is 0 Å². The summed E-state index contributed by atoms with van der Waals surface area (Å²) in [5.74, 6) is 1.64. The van der Waals surface area contributed by atoms with Crippen molar-refractivity contribution in [2.45, 2.75) is 11.9 Å². The monoisotopic (exact) mass is 408 g/mol. The van der Waals surface area contributed by atoms with Crippen LogP contribution < -0.4 is 10.1 Å². The van der Waals surface area contributed by atoms with Crippen molar-refractivity contribution in [1.82, 2.24) is 4.90 Å². The first-order chi connectivity index (χ1) is 14.2. The third-order valence-electron chi connectivity index (χ3n) is 4.69. The summed E-state index contributed by atoms with van der Waals surface area (Å²) in [7, 11) is 1.56. The molecule has 0 radical (unpaired) electrons. The summed E-state index contributed by atoms with van der Waals surface area (Å²) in [6.07, 6.45) is 1.60. The summed E-state index contributed by atoms with van der Waals surface area (Å²) in [5.41, 5.74) is 2.12. The summed E-state index contributed by atoms with van der Waals surface area (Å²) >= 11 is 1.57. The van der Waals surface area contributed by atoms with Crippen LogP contribution in [0, 0.1) is 0 Å². The van der Waals surface area contributed by atoms with Crippen molar-refractivity contribution in [2.24, 2.45) is 0 Å². The van der Waals surface area contributed by atoms with Gasteiger partial charge in [-0.15, -0.1) is 11.8 Å². The van der Waals surface area contributed by atoms with Gasteiger partial charge in [-0.05, 0) is 42.0 Å². The molecule has 2 aromatic carbocycles. The average molecular weight is 408 g/mol. The fraction of sp³-hybridized carbons (Fsp3) is 0.182. The van der Waals surface area contributed by atoms with Gasteiger partial charge in [0.15, 0.2) is 0 Å². The lowest BCUT2D eigenvalue weighted by atomic mass is 10.1. The molecule has 2 amide bonds. The molecule has 1 atom stereocenters. The normalized spacial score (nSPS) is 16.1. The Hall–Kier alpha value is -3.19. The zero-order valence-electron chi connectivity index (χ0n) is 15.8. The van der Waals surface area contributed by atoms with Gasteiger partial charge >= 0.3 is 0 Å². The number of amides is 2. The van der Waals surface area contributed by atoms with Gasteiger partial charge in [-0.3, -0.25) is 9.59 Å². The lowest BCUT2D eigenvalue weighted by Crippen LogP contribution is -2.27. The lowest BCUT2D eigenvalue weighted by molar-refractivity contribution is -0.128. The fourth-order valence-electron chi connectivity index (χ4n) is 3.21. The molecule has 3 aromatic rings. The second-order valence-electron chi connectivity index (χ2n) is 6.54. The van der Waals surface area contributed by atoms with Crippen LogP contribution in [0.1, 0.15) is 27.1 Å². The van der Waals surface area contributed by atoms with E-state index in [4.69, 9.17) is 9.15 Å². The highest BCUT2D eigenvalue weighted by Crippen LogP contribution is 2.39. The topological polar surface area (TPSA) is 71.8 Å². The Bertz CT molecular complexity index is 1000. The van der Waals surface area contributed by atoms with Crippen molar-refractivity contribution in [1.29, 1.82) is 0 Å². The smallest absolute Gasteiger partial charge is 0.255 e. The molecule has 7 heteroatoms. The maximum atomic E-state index is 12.6. The highest BCUT2D eigenvalue weighted by molar-refractivity contribution is 8.00. The minimum absolute atomic E-state index is 0.0781. The highest BCUT2D eigenvalue weighted by Gasteiger charge is 2.33. The zero-order chi connectivity index (χ0) is 20.2. The molecule has 29 heavy (non-hydrogen) atoms. The molecule has 1 fully saturated rings. The Morgan fingerprint density at radius 3 is 2.69 bits per heavy atom. The number of nitrogens with one attached hydrogen (secondary N) is 1. The number of para-hydroxylation sites is 2. The van der Waals surface area contributed by atoms with E-state index in [-0.39, 0.29) is 17.2 Å². The van der Waals surface area contributed by atoms with Crippen LogP contribution in [-0.2, 0) is 11.3 Å². The summed E-state index contributed by atoms with van der Waals surface area (Å²) in [5, 5.41) is 2.77. The molecule has 6 nitrogen and oxygen atoms in total. The molecule has 0 unspecified atom stereocenters. The summed E-state index contributed by atoms with van der Waals surface area (Å²) < 4.78 is 10.7. The van der Waals surface area contributed by atoms with Crippen molar-refractivity contribution in [2.75, 3.05) is 18.2 Å². The molecule has 4 rings (SSSR count). The molecule has 1 aromatic heterocycles. The van der Waals surface area contributed by atoms with Gasteiger partial charge in [0.25, 0.3) is 5.91 Å². The number of carbonyl (C=O) groups excluding carboxylic acids is 2. The predicted octanol–water partition coefficient (Wildman–Crippen LogP) is 4.31. The fourth-order valence-corrected chi connectivity index (χ4v) is 4.40. The maximum absolute atomic E-state index is 12.6. The minimum atomic E-state index is -0.219. The Morgan fingerprint density at radius 1 is 1.17 bits per heavy atom. The van der Waals surface area contributed by atoms with Crippen LogP contribution in [0.15, 0.2) is 71.3 Å². The molecular formula is C22H20N2O4S. The SMILES string of the molecule is COc1ccccc1NC(=O)c1ccc([C@H]2SCC(=O)N2Cc2ccco2)cc1. The van der Waals surface area contributed by atoms with E-state index in [0.29, 0.717) is 29.3 Å². The van der Waals surface area contributed by atoms with Gasteiger partial charge in [0.05, 0.1) is 31.4 Å². The number of thioether (sulfide) groups is 1. The minimum Gasteiger partial charge on any atom is -0.495 e. The van der Waals surface area contributed by atoms with Gasteiger partial charge < -0.3 is 19.4 Å². The number of anilines is 1. The molecule has 0 aliphatic carbocycles. The molecule has 1 aliphatic rings. The number of carbonyl (C=O) groups is 2. The van der Waals surface area contributed by atoms with Gasteiger partial charge in [-0.2, -0.15) is 0 Å². The van der Waals surface area contributed by atoms with E-state index in [0.717, 1.165) is 11.3 Å².